The second-order valence-corrected chi connectivity index (χ2v) is 4.77. The molecule has 0 amide bonds. The molecule has 0 fully saturated rings. The van der Waals surface area contributed by atoms with E-state index in [9.17, 15) is 13.6 Å². The van der Waals surface area contributed by atoms with Crippen LogP contribution in [0.3, 0.4) is 0 Å². The van der Waals surface area contributed by atoms with Gasteiger partial charge in [-0.3, -0.25) is 4.79 Å². The number of nitrogens with zero attached hydrogens (tertiary/aromatic N) is 1. The number of alkyl halides is 2. The van der Waals surface area contributed by atoms with E-state index in [1.54, 1.807) is 22.6 Å². The van der Waals surface area contributed by atoms with Crippen molar-refractivity contribution in [1.29, 1.82) is 0 Å². The van der Waals surface area contributed by atoms with Crippen molar-refractivity contribution in [2.75, 3.05) is 7.11 Å². The van der Waals surface area contributed by atoms with E-state index in [1.165, 1.54) is 13.2 Å². The Labute approximate surface area is 113 Å². The van der Waals surface area contributed by atoms with Crippen molar-refractivity contribution in [3.8, 4) is 0 Å². The highest BCUT2D eigenvalue weighted by atomic mass is 127. The lowest BCUT2D eigenvalue weighted by Crippen LogP contribution is -2.07. The molecular formula is C9H7BrF2INO2. The largest absolute Gasteiger partial charge is 0.469 e. The van der Waals surface area contributed by atoms with Crippen LogP contribution < -0.4 is 0 Å². The van der Waals surface area contributed by atoms with Crippen LogP contribution in [0.4, 0.5) is 8.78 Å². The molecule has 0 unspecified atom stereocenters. The Bertz CT molecular complexity index is 415. The monoisotopic (exact) mass is 405 g/mol. The molecule has 0 saturated heterocycles. The number of esters is 1. The molecule has 0 aliphatic carbocycles. The number of hydrogen-bond acceptors (Lipinski definition) is 3. The van der Waals surface area contributed by atoms with Crippen molar-refractivity contribution in [2.45, 2.75) is 12.8 Å². The van der Waals surface area contributed by atoms with Gasteiger partial charge in [-0.25, -0.2) is 13.8 Å². The summed E-state index contributed by atoms with van der Waals surface area (Å²) in [6, 6.07) is 1.50. The first-order valence-electron chi connectivity index (χ1n) is 4.15. The van der Waals surface area contributed by atoms with Gasteiger partial charge in [-0.15, -0.1) is 0 Å². The number of pyridine rings is 1. The summed E-state index contributed by atoms with van der Waals surface area (Å²) in [6.07, 6.45) is -2.63. The summed E-state index contributed by atoms with van der Waals surface area (Å²) in [7, 11) is 1.27. The van der Waals surface area contributed by atoms with Crippen LogP contribution in [-0.2, 0) is 16.0 Å². The number of rotatable bonds is 3. The van der Waals surface area contributed by atoms with Gasteiger partial charge in [0, 0.05) is 3.57 Å². The first kappa shape index (κ1) is 13.8. The second kappa shape index (κ2) is 5.85. The normalized spacial score (nSPS) is 10.6. The van der Waals surface area contributed by atoms with Crippen molar-refractivity contribution in [3.63, 3.8) is 0 Å². The highest BCUT2D eigenvalue weighted by Crippen LogP contribution is 2.27. The van der Waals surface area contributed by atoms with Gasteiger partial charge in [-0.2, -0.15) is 0 Å². The fourth-order valence-electron chi connectivity index (χ4n) is 1.02. The van der Waals surface area contributed by atoms with Crippen LogP contribution in [0, 0.1) is 3.57 Å². The molecule has 1 aromatic rings. The number of aromatic nitrogens is 1. The molecule has 16 heavy (non-hydrogen) atoms. The maximum Gasteiger partial charge on any atom is 0.310 e. The number of carbonyl (C=O) groups is 1. The SMILES string of the molecule is COC(=O)Cc1cc(I)c(C(F)F)nc1Br. The molecule has 0 N–H and O–H groups in total. The molecule has 0 atom stereocenters. The summed E-state index contributed by atoms with van der Waals surface area (Å²) in [5.74, 6) is -0.442. The highest BCUT2D eigenvalue weighted by molar-refractivity contribution is 14.1. The van der Waals surface area contributed by atoms with Crippen LogP contribution in [-0.4, -0.2) is 18.1 Å². The molecule has 1 rings (SSSR count). The van der Waals surface area contributed by atoms with Gasteiger partial charge in [0.25, 0.3) is 6.43 Å². The lowest BCUT2D eigenvalue weighted by molar-refractivity contribution is -0.139. The second-order valence-electron chi connectivity index (χ2n) is 2.86. The summed E-state index contributed by atoms with van der Waals surface area (Å²) in [5.41, 5.74) is 0.238. The van der Waals surface area contributed by atoms with Crippen LogP contribution in [0.25, 0.3) is 0 Å². The molecule has 0 aliphatic rings. The molecule has 0 saturated carbocycles. The Morgan fingerprint density at radius 2 is 2.31 bits per heavy atom. The van der Waals surface area contributed by atoms with Crippen LogP contribution >= 0.6 is 38.5 Å². The van der Waals surface area contributed by atoms with E-state index in [0.29, 0.717) is 9.13 Å². The third-order valence-corrected chi connectivity index (χ3v) is 3.35. The van der Waals surface area contributed by atoms with Crippen LogP contribution in [0.2, 0.25) is 0 Å². The molecule has 1 aromatic heterocycles. The molecule has 1 heterocycles. The van der Waals surface area contributed by atoms with Crippen molar-refractivity contribution in [1.82, 2.24) is 4.98 Å². The fraction of sp³-hybridized carbons (Fsp3) is 0.333. The number of methoxy groups -OCH3 is 1. The average molecular weight is 406 g/mol. The summed E-state index contributed by atoms with van der Waals surface area (Å²) < 4.78 is 30.0. The molecule has 88 valence electrons. The zero-order chi connectivity index (χ0) is 12.3. The van der Waals surface area contributed by atoms with Gasteiger partial charge in [-0.1, -0.05) is 0 Å². The van der Waals surface area contributed by atoms with Gasteiger partial charge in [-0.05, 0) is 50.2 Å². The smallest absolute Gasteiger partial charge is 0.310 e. The van der Waals surface area contributed by atoms with E-state index in [4.69, 9.17) is 0 Å². The Balaban J connectivity index is 3.05. The van der Waals surface area contributed by atoms with Gasteiger partial charge in [0.15, 0.2) is 0 Å². The molecular weight excluding hydrogens is 399 g/mol. The predicted octanol–water partition coefficient (Wildman–Crippen LogP) is 3.10. The molecule has 0 radical (unpaired) electrons. The Hall–Kier alpha value is -0.310. The van der Waals surface area contributed by atoms with E-state index in [-0.39, 0.29) is 16.7 Å². The molecule has 3 nitrogen and oxygen atoms in total. The standard InChI is InChI=1S/C9H7BrF2INO2/c1-16-6(15)3-4-2-5(13)7(9(11)12)14-8(4)10/h2,9H,3H2,1H3. The Morgan fingerprint density at radius 3 is 2.81 bits per heavy atom. The Morgan fingerprint density at radius 1 is 1.69 bits per heavy atom. The minimum Gasteiger partial charge on any atom is -0.469 e. The lowest BCUT2D eigenvalue weighted by Gasteiger charge is -2.07. The number of halogens is 4. The first-order valence-corrected chi connectivity index (χ1v) is 6.02. The van der Waals surface area contributed by atoms with E-state index in [1.807, 2.05) is 0 Å². The topological polar surface area (TPSA) is 39.2 Å². The average Bonchev–Trinajstić information content (AvgIpc) is 2.22. The quantitative estimate of drug-likeness (QED) is 0.440. The summed E-state index contributed by atoms with van der Waals surface area (Å²) in [4.78, 5) is 14.8. The van der Waals surface area contributed by atoms with Crippen molar-refractivity contribution in [2.24, 2.45) is 0 Å². The minimum absolute atomic E-state index is 0.00357. The zero-order valence-electron chi connectivity index (χ0n) is 8.14. The van der Waals surface area contributed by atoms with Crippen LogP contribution in [0.15, 0.2) is 10.7 Å². The first-order chi connectivity index (χ1) is 7.45. The number of ether oxygens (including phenoxy) is 1. The maximum atomic E-state index is 12.5. The van der Waals surface area contributed by atoms with E-state index >= 15 is 0 Å². The number of carbonyl (C=O) groups excluding carboxylic acids is 1. The van der Waals surface area contributed by atoms with Crippen molar-refractivity contribution >= 4 is 44.5 Å². The van der Waals surface area contributed by atoms with E-state index in [2.05, 4.69) is 25.7 Å². The summed E-state index contributed by atoms with van der Waals surface area (Å²) >= 11 is 4.81. The third-order valence-electron chi connectivity index (χ3n) is 1.80. The lowest BCUT2D eigenvalue weighted by atomic mass is 10.2. The Kier molecular flexibility index (Phi) is 5.03. The molecule has 7 heteroatoms. The van der Waals surface area contributed by atoms with E-state index < -0.39 is 12.4 Å². The number of hydrogen-bond donors (Lipinski definition) is 0. The van der Waals surface area contributed by atoms with Gasteiger partial charge in [0.05, 0.1) is 13.5 Å². The van der Waals surface area contributed by atoms with Crippen LogP contribution in [0.5, 0.6) is 0 Å². The summed E-state index contributed by atoms with van der Waals surface area (Å²) in [5, 5.41) is 0. The van der Waals surface area contributed by atoms with E-state index in [0.717, 1.165) is 0 Å². The van der Waals surface area contributed by atoms with Crippen molar-refractivity contribution < 1.29 is 18.3 Å². The van der Waals surface area contributed by atoms with Gasteiger partial charge in [0.1, 0.15) is 10.3 Å². The van der Waals surface area contributed by atoms with Gasteiger partial charge in [0.2, 0.25) is 0 Å². The summed E-state index contributed by atoms with van der Waals surface area (Å²) in [6.45, 7) is 0. The van der Waals surface area contributed by atoms with Crippen molar-refractivity contribution in [3.05, 3.63) is 25.5 Å². The predicted molar refractivity (Wildman–Crippen MR) is 65.3 cm³/mol. The highest BCUT2D eigenvalue weighted by Gasteiger charge is 2.17. The fourth-order valence-corrected chi connectivity index (χ4v) is 2.20. The zero-order valence-corrected chi connectivity index (χ0v) is 11.9. The van der Waals surface area contributed by atoms with Gasteiger partial charge < -0.3 is 4.74 Å². The molecule has 0 aliphatic heterocycles. The molecule has 0 spiro atoms. The maximum absolute atomic E-state index is 12.5. The minimum atomic E-state index is -2.63. The van der Waals surface area contributed by atoms with Gasteiger partial charge >= 0.3 is 5.97 Å². The molecule has 0 aromatic carbocycles. The third kappa shape index (κ3) is 3.34. The van der Waals surface area contributed by atoms with Crippen LogP contribution in [0.1, 0.15) is 17.7 Å². The molecule has 0 bridgehead atoms.